The zero-order valence-corrected chi connectivity index (χ0v) is 9.37. The molecule has 0 aliphatic rings. The molecule has 0 aliphatic carbocycles. The molecular formula is C10H4BrF2N3. The van der Waals surface area contributed by atoms with Crippen molar-refractivity contribution in [1.82, 2.24) is 9.78 Å². The quantitative estimate of drug-likeness (QED) is 0.808. The monoisotopic (exact) mass is 283 g/mol. The normalized spacial score (nSPS) is 10.1. The molecule has 0 unspecified atom stereocenters. The highest BCUT2D eigenvalue weighted by molar-refractivity contribution is 9.10. The molecule has 0 amide bonds. The van der Waals surface area contributed by atoms with E-state index in [1.54, 1.807) is 0 Å². The van der Waals surface area contributed by atoms with Crippen LogP contribution in [0.5, 0.6) is 0 Å². The Hall–Kier alpha value is -1.74. The maximum Gasteiger partial charge on any atom is 0.177 e. The summed E-state index contributed by atoms with van der Waals surface area (Å²) in [6.45, 7) is 0. The number of aromatic nitrogens is 2. The fraction of sp³-hybridized carbons (Fsp3) is 0. The Morgan fingerprint density at radius 3 is 2.75 bits per heavy atom. The predicted molar refractivity (Wildman–Crippen MR) is 55.9 cm³/mol. The van der Waals surface area contributed by atoms with Crippen LogP contribution in [0.1, 0.15) is 5.69 Å². The fourth-order valence-corrected chi connectivity index (χ4v) is 1.58. The largest absolute Gasteiger partial charge is 0.235 e. The Labute approximate surface area is 98.1 Å². The molecule has 0 fully saturated rings. The van der Waals surface area contributed by atoms with Gasteiger partial charge in [0.25, 0.3) is 0 Å². The van der Waals surface area contributed by atoms with Gasteiger partial charge in [0.1, 0.15) is 23.4 Å². The molecule has 0 aliphatic heterocycles. The Kier molecular flexibility index (Phi) is 2.71. The summed E-state index contributed by atoms with van der Waals surface area (Å²) in [5, 5.41) is 12.5. The van der Waals surface area contributed by atoms with Gasteiger partial charge in [0.2, 0.25) is 0 Å². The number of benzene rings is 1. The highest BCUT2D eigenvalue weighted by Gasteiger charge is 2.11. The molecule has 2 rings (SSSR count). The molecule has 0 bridgehead atoms. The summed E-state index contributed by atoms with van der Waals surface area (Å²) in [6.07, 6.45) is 1.40. The minimum atomic E-state index is -0.610. The fourth-order valence-electron chi connectivity index (χ4n) is 1.21. The summed E-state index contributed by atoms with van der Waals surface area (Å²) in [6, 6.07) is 4.86. The van der Waals surface area contributed by atoms with Crippen LogP contribution in [0.15, 0.2) is 28.9 Å². The van der Waals surface area contributed by atoms with E-state index in [-0.39, 0.29) is 11.4 Å². The standard InChI is InChI=1S/C10H4BrF2N3/c11-7-5-16(15-9(7)4-14)10-3-6(12)1-2-8(10)13/h1-3,5H. The number of nitrogens with zero attached hydrogens (tertiary/aromatic N) is 3. The highest BCUT2D eigenvalue weighted by atomic mass is 79.9. The first-order valence-corrected chi connectivity index (χ1v) is 5.02. The zero-order chi connectivity index (χ0) is 11.7. The van der Waals surface area contributed by atoms with Crippen LogP contribution in [-0.4, -0.2) is 9.78 Å². The molecule has 80 valence electrons. The molecular weight excluding hydrogens is 280 g/mol. The van der Waals surface area contributed by atoms with Gasteiger partial charge in [-0.05, 0) is 28.1 Å². The summed E-state index contributed by atoms with van der Waals surface area (Å²) in [5.74, 6) is -1.18. The van der Waals surface area contributed by atoms with Crippen LogP contribution in [0, 0.1) is 23.0 Å². The van der Waals surface area contributed by atoms with Crippen LogP contribution >= 0.6 is 15.9 Å². The third kappa shape index (κ3) is 1.82. The van der Waals surface area contributed by atoms with Gasteiger partial charge in [-0.2, -0.15) is 10.4 Å². The van der Waals surface area contributed by atoms with Gasteiger partial charge in [0.05, 0.1) is 4.47 Å². The molecule has 1 aromatic carbocycles. The lowest BCUT2D eigenvalue weighted by atomic mass is 10.3. The average Bonchev–Trinajstić information content (AvgIpc) is 2.63. The van der Waals surface area contributed by atoms with Crippen LogP contribution in [-0.2, 0) is 0 Å². The van der Waals surface area contributed by atoms with Crippen molar-refractivity contribution in [2.24, 2.45) is 0 Å². The minimum absolute atomic E-state index is 0.0396. The van der Waals surface area contributed by atoms with E-state index in [9.17, 15) is 8.78 Å². The van der Waals surface area contributed by atoms with Crippen molar-refractivity contribution in [2.45, 2.75) is 0 Å². The average molecular weight is 284 g/mol. The van der Waals surface area contributed by atoms with Crippen LogP contribution in [0.2, 0.25) is 0 Å². The molecule has 1 heterocycles. The number of hydrogen-bond acceptors (Lipinski definition) is 2. The van der Waals surface area contributed by atoms with Crippen LogP contribution in [0.3, 0.4) is 0 Å². The number of halogens is 3. The van der Waals surface area contributed by atoms with E-state index in [0.29, 0.717) is 4.47 Å². The van der Waals surface area contributed by atoms with Gasteiger partial charge in [0, 0.05) is 12.3 Å². The third-order valence-corrected chi connectivity index (χ3v) is 2.51. The van der Waals surface area contributed by atoms with Crippen LogP contribution in [0.25, 0.3) is 5.69 Å². The second kappa shape index (κ2) is 4.02. The van der Waals surface area contributed by atoms with E-state index in [1.807, 2.05) is 6.07 Å². The Balaban J connectivity index is 2.59. The second-order valence-electron chi connectivity index (χ2n) is 2.98. The van der Waals surface area contributed by atoms with Gasteiger partial charge >= 0.3 is 0 Å². The van der Waals surface area contributed by atoms with Gasteiger partial charge in [0.15, 0.2) is 5.69 Å². The summed E-state index contributed by atoms with van der Waals surface area (Å²) >= 11 is 3.10. The molecule has 2 aromatic rings. The molecule has 0 spiro atoms. The maximum atomic E-state index is 13.4. The lowest BCUT2D eigenvalue weighted by Gasteiger charge is -2.02. The summed E-state index contributed by atoms with van der Waals surface area (Å²) in [4.78, 5) is 0. The van der Waals surface area contributed by atoms with Crippen LogP contribution < -0.4 is 0 Å². The Morgan fingerprint density at radius 1 is 1.38 bits per heavy atom. The van der Waals surface area contributed by atoms with E-state index in [0.717, 1.165) is 22.9 Å². The van der Waals surface area contributed by atoms with Crippen molar-refractivity contribution >= 4 is 15.9 Å². The highest BCUT2D eigenvalue weighted by Crippen LogP contribution is 2.19. The number of nitriles is 1. The lowest BCUT2D eigenvalue weighted by molar-refractivity contribution is 0.586. The SMILES string of the molecule is N#Cc1nn(-c2cc(F)ccc2F)cc1Br. The van der Waals surface area contributed by atoms with Crippen molar-refractivity contribution in [3.05, 3.63) is 46.2 Å². The van der Waals surface area contributed by atoms with Crippen molar-refractivity contribution in [3.63, 3.8) is 0 Å². The molecule has 0 saturated heterocycles. The van der Waals surface area contributed by atoms with E-state index in [2.05, 4.69) is 21.0 Å². The zero-order valence-electron chi connectivity index (χ0n) is 7.78. The van der Waals surface area contributed by atoms with E-state index in [1.165, 1.54) is 6.20 Å². The molecule has 1 aromatic heterocycles. The summed E-state index contributed by atoms with van der Waals surface area (Å²) in [7, 11) is 0. The first-order valence-electron chi connectivity index (χ1n) is 4.22. The van der Waals surface area contributed by atoms with Gasteiger partial charge in [-0.15, -0.1) is 0 Å². The van der Waals surface area contributed by atoms with E-state index in [4.69, 9.17) is 5.26 Å². The first-order chi connectivity index (χ1) is 7.61. The van der Waals surface area contributed by atoms with E-state index >= 15 is 0 Å². The molecule has 16 heavy (non-hydrogen) atoms. The molecule has 0 saturated carbocycles. The van der Waals surface area contributed by atoms with Crippen molar-refractivity contribution < 1.29 is 8.78 Å². The molecule has 3 nitrogen and oxygen atoms in total. The van der Waals surface area contributed by atoms with Gasteiger partial charge < -0.3 is 0 Å². The van der Waals surface area contributed by atoms with E-state index < -0.39 is 11.6 Å². The van der Waals surface area contributed by atoms with Gasteiger partial charge in [-0.1, -0.05) is 0 Å². The molecule has 0 radical (unpaired) electrons. The topological polar surface area (TPSA) is 41.6 Å². The van der Waals surface area contributed by atoms with Crippen molar-refractivity contribution in [1.29, 1.82) is 5.26 Å². The molecule has 0 atom stereocenters. The van der Waals surface area contributed by atoms with Crippen molar-refractivity contribution in [2.75, 3.05) is 0 Å². The number of rotatable bonds is 1. The lowest BCUT2D eigenvalue weighted by Crippen LogP contribution is -1.99. The molecule has 0 N–H and O–H groups in total. The maximum absolute atomic E-state index is 13.4. The smallest absolute Gasteiger partial charge is 0.177 e. The third-order valence-electron chi connectivity index (χ3n) is 1.93. The minimum Gasteiger partial charge on any atom is -0.235 e. The summed E-state index contributed by atoms with van der Waals surface area (Å²) < 4.78 is 27.9. The molecule has 6 heteroatoms. The first kappa shape index (κ1) is 10.8. The summed E-state index contributed by atoms with van der Waals surface area (Å²) in [5.41, 5.74) is 0.0749. The van der Waals surface area contributed by atoms with Gasteiger partial charge in [-0.25, -0.2) is 13.5 Å². The van der Waals surface area contributed by atoms with Crippen molar-refractivity contribution in [3.8, 4) is 11.8 Å². The second-order valence-corrected chi connectivity index (χ2v) is 3.83. The Morgan fingerprint density at radius 2 is 2.12 bits per heavy atom. The van der Waals surface area contributed by atoms with Gasteiger partial charge in [-0.3, -0.25) is 0 Å². The predicted octanol–water partition coefficient (Wildman–Crippen LogP) is 2.78. The Bertz CT molecular complexity index is 586. The number of hydrogen-bond donors (Lipinski definition) is 0. The van der Waals surface area contributed by atoms with Crippen LogP contribution in [0.4, 0.5) is 8.78 Å².